The number of carbonyl (C=O) groups is 1. The number of halogens is 5. The molecule has 0 bridgehead atoms. The summed E-state index contributed by atoms with van der Waals surface area (Å²) in [7, 11) is 0. The first-order valence-corrected chi connectivity index (χ1v) is 5.74. The molecule has 106 valence electrons. The number of rotatable bonds is 1. The highest BCUT2D eigenvalue weighted by molar-refractivity contribution is 5.84. The molecule has 0 aromatic heterocycles. The summed E-state index contributed by atoms with van der Waals surface area (Å²) < 4.78 is 62.5. The molecule has 0 aliphatic carbocycles. The van der Waals surface area contributed by atoms with Gasteiger partial charge in [-0.05, 0) is 25.2 Å². The van der Waals surface area contributed by atoms with Crippen molar-refractivity contribution < 1.29 is 26.7 Å². The highest BCUT2D eigenvalue weighted by Gasteiger charge is 2.65. The molecular weight excluding hydrogens is 257 g/mol. The summed E-state index contributed by atoms with van der Waals surface area (Å²) in [5, 5.41) is 0. The average molecular weight is 273 g/mol. The van der Waals surface area contributed by atoms with Gasteiger partial charge >= 0.3 is 18.0 Å². The van der Waals surface area contributed by atoms with E-state index in [1.165, 1.54) is 6.92 Å². The van der Waals surface area contributed by atoms with Crippen LogP contribution in [0.2, 0.25) is 0 Å². The van der Waals surface area contributed by atoms with Gasteiger partial charge in [-0.1, -0.05) is 13.8 Å². The minimum Gasteiger partial charge on any atom is -0.334 e. The van der Waals surface area contributed by atoms with E-state index >= 15 is 0 Å². The standard InChI is InChI=1S/C11H16F5NO/c1-6-4-7(2)8(3)17(5-6)9(18)10(12,13)11(14,15)16/h6-8H,4-5H2,1-3H3. The van der Waals surface area contributed by atoms with Crippen molar-refractivity contribution in [2.75, 3.05) is 6.54 Å². The SMILES string of the molecule is CC1CC(C)C(C)N(C(=O)C(F)(F)C(F)(F)F)C1. The third kappa shape index (κ3) is 2.59. The quantitative estimate of drug-likeness (QED) is 0.672. The lowest BCUT2D eigenvalue weighted by molar-refractivity contribution is -0.276. The molecule has 0 saturated carbocycles. The molecule has 3 unspecified atom stereocenters. The highest BCUT2D eigenvalue weighted by Crippen LogP contribution is 2.39. The Bertz CT molecular complexity index is 328. The van der Waals surface area contributed by atoms with Gasteiger partial charge in [0, 0.05) is 12.6 Å². The monoisotopic (exact) mass is 273 g/mol. The van der Waals surface area contributed by atoms with Gasteiger partial charge in [0.05, 0.1) is 0 Å². The largest absolute Gasteiger partial charge is 0.463 e. The lowest BCUT2D eigenvalue weighted by Crippen LogP contribution is -2.58. The van der Waals surface area contributed by atoms with Crippen molar-refractivity contribution in [2.24, 2.45) is 11.8 Å². The van der Waals surface area contributed by atoms with E-state index in [9.17, 15) is 26.7 Å². The topological polar surface area (TPSA) is 20.3 Å². The van der Waals surface area contributed by atoms with E-state index in [0.717, 1.165) is 0 Å². The summed E-state index contributed by atoms with van der Waals surface area (Å²) in [6.45, 7) is 4.91. The average Bonchev–Trinajstić information content (AvgIpc) is 2.20. The summed E-state index contributed by atoms with van der Waals surface area (Å²) in [6, 6.07) is -0.609. The Morgan fingerprint density at radius 3 is 2.06 bits per heavy atom. The molecule has 1 heterocycles. The van der Waals surface area contributed by atoms with E-state index in [2.05, 4.69) is 0 Å². The molecule has 2 nitrogen and oxygen atoms in total. The molecule has 0 spiro atoms. The number of amides is 1. The Kier molecular flexibility index (Phi) is 3.93. The Morgan fingerprint density at radius 1 is 1.11 bits per heavy atom. The van der Waals surface area contributed by atoms with Crippen molar-refractivity contribution in [1.82, 2.24) is 4.90 Å². The molecule has 7 heteroatoms. The third-order valence-electron chi connectivity index (χ3n) is 3.48. The van der Waals surface area contributed by atoms with E-state index in [1.807, 2.05) is 0 Å². The molecule has 3 atom stereocenters. The molecule has 0 aromatic rings. The van der Waals surface area contributed by atoms with Crippen LogP contribution in [-0.2, 0) is 4.79 Å². The zero-order valence-electron chi connectivity index (χ0n) is 10.4. The van der Waals surface area contributed by atoms with Gasteiger partial charge < -0.3 is 4.90 Å². The number of hydrogen-bond acceptors (Lipinski definition) is 1. The number of alkyl halides is 5. The predicted molar refractivity (Wildman–Crippen MR) is 55.1 cm³/mol. The summed E-state index contributed by atoms with van der Waals surface area (Å²) in [5.41, 5.74) is 0. The fourth-order valence-electron chi connectivity index (χ4n) is 2.28. The lowest BCUT2D eigenvalue weighted by Gasteiger charge is -2.42. The van der Waals surface area contributed by atoms with Gasteiger partial charge in [-0.25, -0.2) is 0 Å². The second-order valence-corrected chi connectivity index (χ2v) is 5.09. The van der Waals surface area contributed by atoms with Crippen molar-refractivity contribution in [1.29, 1.82) is 0 Å². The van der Waals surface area contributed by atoms with E-state index < -0.39 is 24.0 Å². The normalized spacial score (nSPS) is 30.4. The van der Waals surface area contributed by atoms with Crippen molar-refractivity contribution in [3.63, 3.8) is 0 Å². The van der Waals surface area contributed by atoms with Crippen molar-refractivity contribution in [2.45, 2.75) is 45.3 Å². The van der Waals surface area contributed by atoms with Crippen molar-refractivity contribution in [3.8, 4) is 0 Å². The molecule has 0 aromatic carbocycles. The van der Waals surface area contributed by atoms with E-state index in [4.69, 9.17) is 0 Å². The van der Waals surface area contributed by atoms with Gasteiger partial charge in [-0.15, -0.1) is 0 Å². The van der Waals surface area contributed by atoms with Crippen LogP contribution in [0.5, 0.6) is 0 Å². The summed E-state index contributed by atoms with van der Waals surface area (Å²) >= 11 is 0. The molecule has 1 saturated heterocycles. The first-order chi connectivity index (χ1) is 7.98. The van der Waals surface area contributed by atoms with Gasteiger partial charge in [0.25, 0.3) is 0 Å². The Morgan fingerprint density at radius 2 is 1.61 bits per heavy atom. The van der Waals surface area contributed by atoms with Crippen LogP contribution in [0, 0.1) is 11.8 Å². The van der Waals surface area contributed by atoms with Crippen LogP contribution in [0.25, 0.3) is 0 Å². The number of nitrogens with zero attached hydrogens (tertiary/aromatic N) is 1. The molecule has 18 heavy (non-hydrogen) atoms. The molecule has 1 rings (SSSR count). The highest BCUT2D eigenvalue weighted by atomic mass is 19.4. The maximum Gasteiger partial charge on any atom is 0.463 e. The minimum absolute atomic E-state index is 0.0595. The van der Waals surface area contributed by atoms with Crippen molar-refractivity contribution in [3.05, 3.63) is 0 Å². The van der Waals surface area contributed by atoms with Gasteiger partial charge in [-0.3, -0.25) is 4.79 Å². The van der Waals surface area contributed by atoms with Crippen LogP contribution < -0.4 is 0 Å². The molecule has 1 aliphatic rings. The fourth-order valence-corrected chi connectivity index (χ4v) is 2.28. The fraction of sp³-hybridized carbons (Fsp3) is 0.909. The Hall–Kier alpha value is -0.880. The summed E-state index contributed by atoms with van der Waals surface area (Å²) in [5.74, 6) is -7.62. The maximum atomic E-state index is 13.0. The second kappa shape index (κ2) is 4.66. The van der Waals surface area contributed by atoms with Crippen LogP contribution in [-0.4, -0.2) is 35.5 Å². The van der Waals surface area contributed by atoms with Gasteiger partial charge in [-0.2, -0.15) is 22.0 Å². The van der Waals surface area contributed by atoms with E-state index in [-0.39, 0.29) is 18.4 Å². The number of carbonyl (C=O) groups excluding carboxylic acids is 1. The van der Waals surface area contributed by atoms with E-state index in [1.54, 1.807) is 13.8 Å². The summed E-state index contributed by atoms with van der Waals surface area (Å²) in [6.07, 6.45) is -5.13. The molecule has 0 radical (unpaired) electrons. The van der Waals surface area contributed by atoms with Crippen LogP contribution >= 0.6 is 0 Å². The van der Waals surface area contributed by atoms with Crippen molar-refractivity contribution >= 4 is 5.91 Å². The smallest absolute Gasteiger partial charge is 0.334 e. The van der Waals surface area contributed by atoms with Gasteiger partial charge in [0.15, 0.2) is 0 Å². The predicted octanol–water partition coefficient (Wildman–Crippen LogP) is 3.08. The maximum absolute atomic E-state index is 13.0. The van der Waals surface area contributed by atoms with Gasteiger partial charge in [0.2, 0.25) is 0 Å². The number of hydrogen-bond donors (Lipinski definition) is 0. The number of likely N-dealkylation sites (tertiary alicyclic amines) is 1. The molecule has 1 aliphatic heterocycles. The zero-order chi connectivity index (χ0) is 14.3. The Labute approximate surface area is 102 Å². The van der Waals surface area contributed by atoms with E-state index in [0.29, 0.717) is 11.3 Å². The minimum atomic E-state index is -5.84. The van der Waals surface area contributed by atoms with Crippen LogP contribution in [0.15, 0.2) is 0 Å². The first-order valence-electron chi connectivity index (χ1n) is 5.74. The molecular formula is C11H16F5NO. The van der Waals surface area contributed by atoms with Gasteiger partial charge in [0.1, 0.15) is 0 Å². The molecule has 1 fully saturated rings. The van der Waals surface area contributed by atoms with Crippen LogP contribution in [0.1, 0.15) is 27.2 Å². The van der Waals surface area contributed by atoms with Crippen LogP contribution in [0.4, 0.5) is 22.0 Å². The third-order valence-corrected chi connectivity index (χ3v) is 3.48. The lowest BCUT2D eigenvalue weighted by atomic mass is 9.85. The summed E-state index contributed by atoms with van der Waals surface area (Å²) in [4.78, 5) is 12.1. The molecule has 1 amide bonds. The van der Waals surface area contributed by atoms with Crippen LogP contribution in [0.3, 0.4) is 0 Å². The zero-order valence-corrected chi connectivity index (χ0v) is 10.4. The second-order valence-electron chi connectivity index (χ2n) is 5.09. The Balaban J connectivity index is 2.96. The first kappa shape index (κ1) is 15.2. The number of piperidine rings is 1. The molecule has 0 N–H and O–H groups in total.